The van der Waals surface area contributed by atoms with Crippen molar-refractivity contribution in [1.82, 2.24) is 4.98 Å². The second-order valence-electron chi connectivity index (χ2n) is 3.55. The van der Waals surface area contributed by atoms with Gasteiger partial charge in [0.1, 0.15) is 5.82 Å². The summed E-state index contributed by atoms with van der Waals surface area (Å²) in [6.07, 6.45) is 2.78. The van der Waals surface area contributed by atoms with Crippen LogP contribution < -0.4 is 5.32 Å². The molecule has 0 bridgehead atoms. The molecule has 0 saturated heterocycles. The van der Waals surface area contributed by atoms with E-state index in [4.69, 9.17) is 0 Å². The van der Waals surface area contributed by atoms with Crippen molar-refractivity contribution in [3.05, 3.63) is 44.6 Å². The highest BCUT2D eigenvalue weighted by Gasteiger charge is 2.04. The largest absolute Gasteiger partial charge is 0.378 e. The minimum Gasteiger partial charge on any atom is -0.378 e. The van der Waals surface area contributed by atoms with E-state index in [0.29, 0.717) is 12.2 Å². The van der Waals surface area contributed by atoms with Crippen LogP contribution in [0.5, 0.6) is 0 Å². The Kier molecular flexibility index (Phi) is 4.12. The summed E-state index contributed by atoms with van der Waals surface area (Å²) in [6.45, 7) is 2.68. The lowest BCUT2D eigenvalue weighted by Crippen LogP contribution is -1.99. The standard InChI is InChI=1S/C12H12BrFN2S/c1-2-12-16-7-9(17-12)6-15-11-4-3-8(13)5-10(11)14/h3-5,7,15H,2,6H2,1H3. The lowest BCUT2D eigenvalue weighted by molar-refractivity contribution is 0.629. The van der Waals surface area contributed by atoms with Gasteiger partial charge in [-0.25, -0.2) is 9.37 Å². The van der Waals surface area contributed by atoms with Gasteiger partial charge < -0.3 is 5.32 Å². The Labute approximate surface area is 112 Å². The number of nitrogens with zero attached hydrogens (tertiary/aromatic N) is 1. The summed E-state index contributed by atoms with van der Waals surface area (Å²) < 4.78 is 14.3. The van der Waals surface area contributed by atoms with Gasteiger partial charge in [0.25, 0.3) is 0 Å². The highest BCUT2D eigenvalue weighted by Crippen LogP contribution is 2.21. The molecule has 1 aromatic carbocycles. The van der Waals surface area contributed by atoms with E-state index in [1.165, 1.54) is 6.07 Å². The Bertz CT molecular complexity index is 513. The maximum atomic E-state index is 13.5. The molecule has 2 rings (SSSR count). The average Bonchev–Trinajstić information content (AvgIpc) is 2.76. The molecule has 0 aliphatic rings. The van der Waals surface area contributed by atoms with E-state index in [2.05, 4.69) is 33.2 Å². The highest BCUT2D eigenvalue weighted by molar-refractivity contribution is 9.10. The van der Waals surface area contributed by atoms with Crippen LogP contribution in [0.4, 0.5) is 10.1 Å². The van der Waals surface area contributed by atoms with E-state index in [0.717, 1.165) is 20.8 Å². The van der Waals surface area contributed by atoms with Gasteiger partial charge in [0, 0.05) is 15.5 Å². The van der Waals surface area contributed by atoms with E-state index in [-0.39, 0.29) is 5.82 Å². The Morgan fingerprint density at radius 2 is 2.29 bits per heavy atom. The molecule has 5 heteroatoms. The van der Waals surface area contributed by atoms with Gasteiger partial charge in [0.15, 0.2) is 0 Å². The Morgan fingerprint density at radius 1 is 1.47 bits per heavy atom. The van der Waals surface area contributed by atoms with Crippen molar-refractivity contribution in [2.75, 3.05) is 5.32 Å². The third-order valence-electron chi connectivity index (χ3n) is 2.29. The number of benzene rings is 1. The van der Waals surface area contributed by atoms with Gasteiger partial charge in [-0.05, 0) is 24.6 Å². The first kappa shape index (κ1) is 12.5. The summed E-state index contributed by atoms with van der Waals surface area (Å²) >= 11 is 4.89. The Hall–Kier alpha value is -0.940. The summed E-state index contributed by atoms with van der Waals surface area (Å²) in [5.41, 5.74) is 0.514. The zero-order valence-electron chi connectivity index (χ0n) is 9.34. The van der Waals surface area contributed by atoms with E-state index >= 15 is 0 Å². The zero-order valence-corrected chi connectivity index (χ0v) is 11.7. The molecule has 2 aromatic rings. The number of aryl methyl sites for hydroxylation is 1. The van der Waals surface area contributed by atoms with Crippen molar-refractivity contribution in [2.24, 2.45) is 0 Å². The number of aromatic nitrogens is 1. The molecule has 0 fully saturated rings. The topological polar surface area (TPSA) is 24.9 Å². The Morgan fingerprint density at radius 3 is 2.94 bits per heavy atom. The van der Waals surface area contributed by atoms with Crippen LogP contribution >= 0.6 is 27.3 Å². The van der Waals surface area contributed by atoms with Crippen LogP contribution in [0, 0.1) is 5.82 Å². The van der Waals surface area contributed by atoms with Gasteiger partial charge >= 0.3 is 0 Å². The fourth-order valence-electron chi connectivity index (χ4n) is 1.41. The molecule has 0 saturated carbocycles. The third kappa shape index (κ3) is 3.26. The van der Waals surface area contributed by atoms with Gasteiger partial charge in [-0.2, -0.15) is 0 Å². The van der Waals surface area contributed by atoms with Gasteiger partial charge in [-0.1, -0.05) is 22.9 Å². The molecule has 0 atom stereocenters. The molecular formula is C12H12BrFN2S. The number of hydrogen-bond donors (Lipinski definition) is 1. The fraction of sp³-hybridized carbons (Fsp3) is 0.250. The SMILES string of the molecule is CCc1ncc(CNc2ccc(Br)cc2F)s1. The second-order valence-corrected chi connectivity index (χ2v) is 5.67. The molecule has 1 N–H and O–H groups in total. The van der Waals surface area contributed by atoms with Gasteiger partial charge in [0.2, 0.25) is 0 Å². The van der Waals surface area contributed by atoms with E-state index in [1.54, 1.807) is 17.4 Å². The van der Waals surface area contributed by atoms with E-state index < -0.39 is 0 Å². The summed E-state index contributed by atoms with van der Waals surface area (Å²) in [4.78, 5) is 5.38. The molecule has 0 radical (unpaired) electrons. The maximum absolute atomic E-state index is 13.5. The van der Waals surface area contributed by atoms with Crippen LogP contribution in [0.2, 0.25) is 0 Å². The first-order valence-corrected chi connectivity index (χ1v) is 6.92. The molecule has 0 aliphatic heterocycles. The molecule has 2 nitrogen and oxygen atoms in total. The second kappa shape index (κ2) is 5.60. The van der Waals surface area contributed by atoms with Crippen LogP contribution in [-0.2, 0) is 13.0 Å². The lowest BCUT2D eigenvalue weighted by atomic mass is 10.3. The summed E-state index contributed by atoms with van der Waals surface area (Å²) in [7, 11) is 0. The zero-order chi connectivity index (χ0) is 12.3. The quantitative estimate of drug-likeness (QED) is 0.914. The predicted octanol–water partition coefficient (Wildman–Crippen LogP) is 4.22. The molecule has 17 heavy (non-hydrogen) atoms. The average molecular weight is 315 g/mol. The van der Waals surface area contributed by atoms with E-state index in [9.17, 15) is 4.39 Å². The predicted molar refractivity (Wildman–Crippen MR) is 72.9 cm³/mol. The van der Waals surface area contributed by atoms with Gasteiger partial charge in [-0.15, -0.1) is 11.3 Å². The molecule has 0 unspecified atom stereocenters. The van der Waals surface area contributed by atoms with Crippen molar-refractivity contribution in [2.45, 2.75) is 19.9 Å². The number of rotatable bonds is 4. The van der Waals surface area contributed by atoms with E-state index in [1.807, 2.05) is 12.3 Å². The van der Waals surface area contributed by atoms with Crippen molar-refractivity contribution in [1.29, 1.82) is 0 Å². The van der Waals surface area contributed by atoms with Crippen molar-refractivity contribution in [3.63, 3.8) is 0 Å². The molecule has 0 amide bonds. The minimum absolute atomic E-state index is 0.250. The normalized spacial score (nSPS) is 10.5. The van der Waals surface area contributed by atoms with Crippen LogP contribution in [-0.4, -0.2) is 4.98 Å². The summed E-state index contributed by atoms with van der Waals surface area (Å²) in [5, 5.41) is 4.18. The van der Waals surface area contributed by atoms with Crippen LogP contribution in [0.15, 0.2) is 28.9 Å². The molecule has 90 valence electrons. The lowest BCUT2D eigenvalue weighted by Gasteiger charge is -2.05. The highest BCUT2D eigenvalue weighted by atomic mass is 79.9. The van der Waals surface area contributed by atoms with Crippen LogP contribution in [0.3, 0.4) is 0 Å². The number of halogens is 2. The number of anilines is 1. The maximum Gasteiger partial charge on any atom is 0.147 e. The first-order valence-electron chi connectivity index (χ1n) is 5.31. The van der Waals surface area contributed by atoms with Crippen molar-refractivity contribution in [3.8, 4) is 0 Å². The van der Waals surface area contributed by atoms with Gasteiger partial charge in [0.05, 0.1) is 17.2 Å². The molecule has 1 aromatic heterocycles. The Balaban J connectivity index is 2.02. The van der Waals surface area contributed by atoms with Crippen molar-refractivity contribution < 1.29 is 4.39 Å². The first-order chi connectivity index (χ1) is 8.19. The van der Waals surface area contributed by atoms with Crippen LogP contribution in [0.1, 0.15) is 16.8 Å². The number of nitrogens with one attached hydrogen (secondary N) is 1. The molecule has 1 heterocycles. The summed E-state index contributed by atoms with van der Waals surface area (Å²) in [6, 6.07) is 4.99. The number of hydrogen-bond acceptors (Lipinski definition) is 3. The molecular weight excluding hydrogens is 303 g/mol. The monoisotopic (exact) mass is 314 g/mol. The minimum atomic E-state index is -0.250. The summed E-state index contributed by atoms with van der Waals surface area (Å²) in [5.74, 6) is -0.250. The molecule has 0 aliphatic carbocycles. The van der Waals surface area contributed by atoms with Crippen molar-refractivity contribution >= 4 is 33.0 Å². The third-order valence-corrected chi connectivity index (χ3v) is 3.92. The number of thiazole rings is 1. The molecule has 0 spiro atoms. The van der Waals surface area contributed by atoms with Crippen LogP contribution in [0.25, 0.3) is 0 Å². The fourth-order valence-corrected chi connectivity index (χ4v) is 2.54. The van der Waals surface area contributed by atoms with Gasteiger partial charge in [-0.3, -0.25) is 0 Å². The smallest absolute Gasteiger partial charge is 0.147 e.